The van der Waals surface area contributed by atoms with Gasteiger partial charge in [-0.25, -0.2) is 4.98 Å². The van der Waals surface area contributed by atoms with Crippen LogP contribution in [0.5, 0.6) is 11.5 Å². The van der Waals surface area contributed by atoms with Crippen LogP contribution in [0.25, 0.3) is 72.4 Å². The molecule has 0 spiro atoms. The number of hydrogen-bond donors (Lipinski definition) is 0. The molecule has 6 nitrogen and oxygen atoms in total. The van der Waals surface area contributed by atoms with E-state index in [1.807, 2.05) is 96.4 Å². The van der Waals surface area contributed by atoms with Crippen molar-refractivity contribution in [2.24, 2.45) is 0 Å². The van der Waals surface area contributed by atoms with E-state index < -0.39 is 18.1 Å². The Morgan fingerprint density at radius 1 is 0.606 bits per heavy atom. The van der Waals surface area contributed by atoms with E-state index in [0.717, 1.165) is 72.3 Å². The molecule has 4 heterocycles. The van der Waals surface area contributed by atoms with Crippen LogP contribution in [-0.4, -0.2) is 14.5 Å². The molecule has 0 bridgehead atoms. The molecule has 0 radical (unpaired) electrons. The van der Waals surface area contributed by atoms with Gasteiger partial charge in [-0.2, -0.15) is 12.7 Å². The third-order valence-corrected chi connectivity index (χ3v) is 11.8. The Kier molecular flexibility index (Phi) is 9.25. The van der Waals surface area contributed by atoms with Gasteiger partial charge >= 0.3 is 0 Å². The number of anilines is 1. The van der Waals surface area contributed by atoms with E-state index in [-0.39, 0.29) is 38.7 Å². The van der Waals surface area contributed by atoms with Crippen molar-refractivity contribution >= 4 is 38.9 Å². The monoisotopic (exact) mass is 1040 g/mol. The molecule has 320 valence electrons. The molecule has 0 unspecified atom stereocenters. The van der Waals surface area contributed by atoms with Crippen molar-refractivity contribution in [3.05, 3.63) is 254 Å². The van der Waals surface area contributed by atoms with Crippen molar-refractivity contribution in [1.82, 2.24) is 14.5 Å². The first-order chi connectivity index (χ1) is 34.2. The van der Waals surface area contributed by atoms with Gasteiger partial charge in [-0.1, -0.05) is 169 Å². The van der Waals surface area contributed by atoms with Gasteiger partial charge in [0.05, 0.1) is 18.8 Å². The SMILES string of the molecule is [2H]c1c([2H])c([2H])c(-c2cnc(-n3c4[c-]c(Oc5[c-]c(C6=COC7=C(c8ccccc8)N(c8c(-c9ccccc9)cccc8-c8ccccc8)[CH-]N67)ccc5)ccc4c4ccccc43)cc2C)c([2H])c1[2H].[Pt]. The maximum absolute atomic E-state index is 8.59. The average Bonchev–Trinajstić information content (AvgIpc) is 4.09. The van der Waals surface area contributed by atoms with Crippen LogP contribution in [0.3, 0.4) is 0 Å². The Bertz CT molecular complexity index is 3700. The smallest absolute Gasteiger partial charge is 0.184 e. The molecule has 2 aliphatic heterocycles. The van der Waals surface area contributed by atoms with E-state index in [9.17, 15) is 0 Å². The summed E-state index contributed by atoms with van der Waals surface area (Å²) in [5.41, 5.74) is 11.7. The topological polar surface area (TPSA) is 42.8 Å². The molecule has 0 amide bonds. The Morgan fingerprint density at radius 2 is 1.26 bits per heavy atom. The predicted molar refractivity (Wildman–Crippen MR) is 261 cm³/mol. The molecule has 0 saturated heterocycles. The Labute approximate surface area is 405 Å². The standard InChI is InChI=1S/C59H39N4O2.Pt/c1-40-34-56(60-37-52(40)43-22-10-4-11-23-43)63-53-31-15-14-28-50(53)51-33-32-47(36-54(51)63)65-46-27-16-26-45(35-46)55-38-64-59-57(44-24-12-5-13-25-44)62(39-61(55)59)58-48(41-18-6-2-7-19-41)29-17-30-49(58)42-20-8-3-9-21-42;/h2-34,37-39H,1H3;/q-3;/i4D,10D,11D,22D,23D;. The molecule has 7 heteroatoms. The van der Waals surface area contributed by atoms with Crippen LogP contribution in [-0.2, 0) is 25.8 Å². The summed E-state index contributed by atoms with van der Waals surface area (Å²) < 4.78 is 56.9. The molecule has 10 aromatic rings. The van der Waals surface area contributed by atoms with E-state index in [1.165, 1.54) is 0 Å². The summed E-state index contributed by atoms with van der Waals surface area (Å²) in [5.74, 6) is 2.18. The Balaban J connectivity index is 0.00000547. The summed E-state index contributed by atoms with van der Waals surface area (Å²) in [5, 5.41) is 1.93. The number of para-hydroxylation sites is 2. The average molecular weight is 1040 g/mol. The molecule has 8 aromatic carbocycles. The van der Waals surface area contributed by atoms with E-state index >= 15 is 0 Å². The number of rotatable bonds is 9. The number of ether oxygens (including phenoxy) is 2. The van der Waals surface area contributed by atoms with Crippen LogP contribution >= 0.6 is 0 Å². The number of pyridine rings is 1. The summed E-state index contributed by atoms with van der Waals surface area (Å²) in [6, 6.07) is 62.5. The number of fused-ring (bicyclic) bond motifs is 4. The minimum absolute atomic E-state index is 0. The molecular formula is C59H39N4O2Pt-3. The molecule has 0 saturated carbocycles. The molecule has 0 aliphatic carbocycles. The fraction of sp³-hybridized carbons (Fsp3) is 0.0169. The first-order valence-electron chi connectivity index (χ1n) is 23.8. The van der Waals surface area contributed by atoms with Gasteiger partial charge in [-0.15, -0.1) is 41.3 Å². The second-order valence-electron chi connectivity index (χ2n) is 15.8. The fourth-order valence-corrected chi connectivity index (χ4v) is 8.88. The zero-order chi connectivity index (χ0) is 47.6. The predicted octanol–water partition coefficient (Wildman–Crippen LogP) is 14.5. The third kappa shape index (κ3) is 7.17. The summed E-state index contributed by atoms with van der Waals surface area (Å²) in [6.07, 6.45) is 3.34. The van der Waals surface area contributed by atoms with Crippen molar-refractivity contribution in [3.8, 4) is 50.7 Å². The maximum atomic E-state index is 8.59. The molecule has 0 N–H and O–H groups in total. The molecular weight excluding hydrogens is 992 g/mol. The van der Waals surface area contributed by atoms with Gasteiger partial charge in [-0.3, -0.25) is 0 Å². The van der Waals surface area contributed by atoms with Gasteiger partial charge in [0.15, 0.2) is 5.88 Å². The maximum Gasteiger partial charge on any atom is 0.184 e. The summed E-state index contributed by atoms with van der Waals surface area (Å²) in [6.45, 7) is 3.95. The second kappa shape index (κ2) is 17.2. The van der Waals surface area contributed by atoms with Crippen molar-refractivity contribution in [2.45, 2.75) is 6.92 Å². The largest absolute Gasteiger partial charge is 0.503 e. The first-order valence-corrected chi connectivity index (χ1v) is 21.3. The van der Waals surface area contributed by atoms with Crippen LogP contribution in [0.1, 0.15) is 23.5 Å². The number of hydrogen-bond acceptors (Lipinski definition) is 5. The minimum Gasteiger partial charge on any atom is -0.503 e. The Hall–Kier alpha value is -7.92. The van der Waals surface area contributed by atoms with Crippen LogP contribution in [0.15, 0.2) is 218 Å². The number of benzene rings is 8. The molecule has 12 rings (SSSR count). The van der Waals surface area contributed by atoms with Gasteiger partial charge in [0, 0.05) is 72.2 Å². The first kappa shape index (κ1) is 35.4. The minimum atomic E-state index is -0.437. The van der Waals surface area contributed by atoms with E-state index in [0.29, 0.717) is 34.3 Å². The van der Waals surface area contributed by atoms with Gasteiger partial charge in [0.25, 0.3) is 0 Å². The summed E-state index contributed by atoms with van der Waals surface area (Å²) >= 11 is 0. The van der Waals surface area contributed by atoms with E-state index in [4.69, 9.17) is 21.3 Å². The van der Waals surface area contributed by atoms with Crippen molar-refractivity contribution in [1.29, 1.82) is 0 Å². The molecule has 0 atom stereocenters. The van der Waals surface area contributed by atoms with E-state index in [2.05, 4.69) is 114 Å². The zero-order valence-electron chi connectivity index (χ0n) is 40.3. The fourth-order valence-electron chi connectivity index (χ4n) is 8.88. The van der Waals surface area contributed by atoms with Crippen LogP contribution in [0.2, 0.25) is 0 Å². The van der Waals surface area contributed by atoms with Crippen LogP contribution < -0.4 is 9.64 Å². The summed E-state index contributed by atoms with van der Waals surface area (Å²) in [4.78, 5) is 9.15. The molecule has 66 heavy (non-hydrogen) atoms. The van der Waals surface area contributed by atoms with Crippen molar-refractivity contribution in [2.75, 3.05) is 4.90 Å². The normalized spacial score (nSPS) is 14.2. The van der Waals surface area contributed by atoms with E-state index in [1.54, 1.807) is 12.5 Å². The van der Waals surface area contributed by atoms with Gasteiger partial charge < -0.3 is 23.8 Å². The second-order valence-corrected chi connectivity index (χ2v) is 15.8. The molecule has 2 aromatic heterocycles. The number of nitrogens with zero attached hydrogens (tertiary/aromatic N) is 4. The Morgan fingerprint density at radius 3 is 1.97 bits per heavy atom. The molecule has 0 fully saturated rings. The number of aromatic nitrogens is 2. The third-order valence-electron chi connectivity index (χ3n) is 11.8. The summed E-state index contributed by atoms with van der Waals surface area (Å²) in [7, 11) is 0. The zero-order valence-corrected chi connectivity index (χ0v) is 37.6. The quantitative estimate of drug-likeness (QED) is 0.135. The van der Waals surface area contributed by atoms with Crippen molar-refractivity contribution < 1.29 is 37.4 Å². The van der Waals surface area contributed by atoms with Crippen LogP contribution in [0.4, 0.5) is 5.69 Å². The van der Waals surface area contributed by atoms with Gasteiger partial charge in [0.2, 0.25) is 0 Å². The van der Waals surface area contributed by atoms with Crippen molar-refractivity contribution in [3.63, 3.8) is 0 Å². The van der Waals surface area contributed by atoms with Gasteiger partial charge in [0.1, 0.15) is 5.82 Å². The number of aryl methyl sites for hydroxylation is 1. The molecule has 2 aliphatic rings. The van der Waals surface area contributed by atoms with Crippen LogP contribution in [0, 0.1) is 25.7 Å². The van der Waals surface area contributed by atoms with Gasteiger partial charge in [-0.05, 0) is 52.4 Å².